The number of nitrogens with one attached hydrogen (secondary N) is 2. The first-order valence-electron chi connectivity index (χ1n) is 6.61. The smallest absolute Gasteiger partial charge is 0.337 e. The van der Waals surface area contributed by atoms with Gasteiger partial charge in [-0.15, -0.1) is 0 Å². The van der Waals surface area contributed by atoms with E-state index in [0.717, 1.165) is 22.3 Å². The Hall–Kier alpha value is -2.82. The Morgan fingerprint density at radius 3 is 3.10 bits per heavy atom. The summed E-state index contributed by atoms with van der Waals surface area (Å²) >= 11 is 0. The minimum absolute atomic E-state index is 0.338. The van der Waals surface area contributed by atoms with Crippen molar-refractivity contribution in [3.63, 3.8) is 0 Å². The highest BCUT2D eigenvalue weighted by atomic mass is 16.5. The normalized spacial score (nSPS) is 10.5. The molecule has 0 fully saturated rings. The van der Waals surface area contributed by atoms with Crippen molar-refractivity contribution >= 4 is 22.7 Å². The molecule has 106 valence electrons. The molecular formula is C16H15N3O2. The van der Waals surface area contributed by atoms with E-state index in [0.29, 0.717) is 12.1 Å². The Balaban J connectivity index is 1.77. The highest BCUT2D eigenvalue weighted by Crippen LogP contribution is 2.18. The van der Waals surface area contributed by atoms with Crippen LogP contribution in [0.1, 0.15) is 15.9 Å². The standard InChI is InChI=1S/C16H15N3O2/c1-21-16(20)11-4-2-5-13(8-11)18-9-12-10-19-15-14(12)6-3-7-17-15/h2-8,10,18H,9H2,1H3,(H,17,19). The number of aromatic amines is 1. The lowest BCUT2D eigenvalue weighted by Crippen LogP contribution is -2.03. The van der Waals surface area contributed by atoms with Gasteiger partial charge in [0.2, 0.25) is 0 Å². The quantitative estimate of drug-likeness (QED) is 0.721. The number of hydrogen-bond donors (Lipinski definition) is 2. The highest BCUT2D eigenvalue weighted by molar-refractivity contribution is 5.90. The monoisotopic (exact) mass is 281 g/mol. The maximum Gasteiger partial charge on any atom is 0.337 e. The van der Waals surface area contributed by atoms with E-state index >= 15 is 0 Å². The number of carbonyl (C=O) groups excluding carboxylic acids is 1. The minimum atomic E-state index is -0.338. The van der Waals surface area contributed by atoms with Gasteiger partial charge >= 0.3 is 5.97 Å². The van der Waals surface area contributed by atoms with E-state index in [4.69, 9.17) is 4.74 Å². The molecule has 21 heavy (non-hydrogen) atoms. The number of nitrogens with zero attached hydrogens (tertiary/aromatic N) is 1. The van der Waals surface area contributed by atoms with Crippen molar-refractivity contribution in [2.24, 2.45) is 0 Å². The number of benzene rings is 1. The number of carbonyl (C=O) groups is 1. The second-order valence-electron chi connectivity index (χ2n) is 4.64. The summed E-state index contributed by atoms with van der Waals surface area (Å²) < 4.78 is 4.72. The topological polar surface area (TPSA) is 67.0 Å². The Kier molecular flexibility index (Phi) is 3.55. The van der Waals surface area contributed by atoms with Gasteiger partial charge in [-0.3, -0.25) is 0 Å². The second-order valence-corrected chi connectivity index (χ2v) is 4.64. The van der Waals surface area contributed by atoms with Gasteiger partial charge in [0, 0.05) is 30.0 Å². The van der Waals surface area contributed by atoms with Crippen LogP contribution >= 0.6 is 0 Å². The third kappa shape index (κ3) is 2.72. The second kappa shape index (κ2) is 5.66. The van der Waals surface area contributed by atoms with Crippen molar-refractivity contribution in [1.29, 1.82) is 0 Å². The largest absolute Gasteiger partial charge is 0.465 e. The van der Waals surface area contributed by atoms with Gasteiger partial charge in [-0.1, -0.05) is 6.07 Å². The average molecular weight is 281 g/mol. The molecule has 0 radical (unpaired) electrons. The van der Waals surface area contributed by atoms with Crippen molar-refractivity contribution in [2.45, 2.75) is 6.54 Å². The van der Waals surface area contributed by atoms with Crippen molar-refractivity contribution in [3.05, 3.63) is 59.9 Å². The van der Waals surface area contributed by atoms with Crippen LogP contribution in [-0.4, -0.2) is 23.0 Å². The molecular weight excluding hydrogens is 266 g/mol. The summed E-state index contributed by atoms with van der Waals surface area (Å²) in [5.74, 6) is -0.338. The summed E-state index contributed by atoms with van der Waals surface area (Å²) in [5, 5.41) is 4.39. The maximum atomic E-state index is 11.5. The zero-order valence-electron chi connectivity index (χ0n) is 11.6. The van der Waals surface area contributed by atoms with Gasteiger partial charge in [0.05, 0.1) is 12.7 Å². The number of methoxy groups -OCH3 is 1. The molecule has 0 aliphatic heterocycles. The first-order valence-corrected chi connectivity index (χ1v) is 6.61. The van der Waals surface area contributed by atoms with Crippen LogP contribution in [0.5, 0.6) is 0 Å². The molecule has 0 bridgehead atoms. The molecule has 1 aromatic carbocycles. The van der Waals surface area contributed by atoms with Crippen LogP contribution < -0.4 is 5.32 Å². The number of fused-ring (bicyclic) bond motifs is 1. The molecule has 3 rings (SSSR count). The van der Waals surface area contributed by atoms with E-state index in [1.807, 2.05) is 30.5 Å². The lowest BCUT2D eigenvalue weighted by molar-refractivity contribution is 0.0601. The molecule has 2 N–H and O–H groups in total. The summed E-state index contributed by atoms with van der Waals surface area (Å²) in [7, 11) is 1.38. The molecule has 2 heterocycles. The zero-order valence-corrected chi connectivity index (χ0v) is 11.6. The lowest BCUT2D eigenvalue weighted by atomic mass is 10.2. The SMILES string of the molecule is COC(=O)c1cccc(NCc2c[nH]c3ncccc23)c1. The summed E-state index contributed by atoms with van der Waals surface area (Å²) in [6.45, 7) is 0.649. The molecule has 5 heteroatoms. The number of hydrogen-bond acceptors (Lipinski definition) is 4. The fourth-order valence-corrected chi connectivity index (χ4v) is 2.23. The highest BCUT2D eigenvalue weighted by Gasteiger charge is 2.07. The van der Waals surface area contributed by atoms with E-state index in [1.165, 1.54) is 7.11 Å². The number of H-pyrrole nitrogens is 1. The van der Waals surface area contributed by atoms with Crippen LogP contribution in [0.4, 0.5) is 5.69 Å². The predicted molar refractivity (Wildman–Crippen MR) is 81.2 cm³/mol. The van der Waals surface area contributed by atoms with Gasteiger partial charge in [0.25, 0.3) is 0 Å². The third-order valence-corrected chi connectivity index (χ3v) is 3.30. The number of rotatable bonds is 4. The molecule has 0 spiro atoms. The number of pyridine rings is 1. The first kappa shape index (κ1) is 13.2. The van der Waals surface area contributed by atoms with Gasteiger partial charge in [-0.2, -0.15) is 0 Å². The van der Waals surface area contributed by atoms with Crippen LogP contribution in [0.25, 0.3) is 11.0 Å². The molecule has 5 nitrogen and oxygen atoms in total. The predicted octanol–water partition coefficient (Wildman–Crippen LogP) is 2.96. The summed E-state index contributed by atoms with van der Waals surface area (Å²) in [4.78, 5) is 18.9. The Morgan fingerprint density at radius 1 is 1.33 bits per heavy atom. The minimum Gasteiger partial charge on any atom is -0.465 e. The van der Waals surface area contributed by atoms with E-state index in [1.54, 1.807) is 18.3 Å². The summed E-state index contributed by atoms with van der Waals surface area (Å²) in [6.07, 6.45) is 3.70. The van der Waals surface area contributed by atoms with Crippen LogP contribution in [0.2, 0.25) is 0 Å². The van der Waals surface area contributed by atoms with E-state index in [-0.39, 0.29) is 5.97 Å². The van der Waals surface area contributed by atoms with Gasteiger partial charge in [-0.05, 0) is 35.9 Å². The fraction of sp³-hybridized carbons (Fsp3) is 0.125. The average Bonchev–Trinajstić information content (AvgIpc) is 2.95. The van der Waals surface area contributed by atoms with Gasteiger partial charge in [0.15, 0.2) is 0 Å². The lowest BCUT2D eigenvalue weighted by Gasteiger charge is -2.07. The van der Waals surface area contributed by atoms with Crippen LogP contribution in [-0.2, 0) is 11.3 Å². The zero-order chi connectivity index (χ0) is 14.7. The van der Waals surface area contributed by atoms with Crippen molar-refractivity contribution in [3.8, 4) is 0 Å². The number of ether oxygens (including phenoxy) is 1. The van der Waals surface area contributed by atoms with Crippen LogP contribution in [0, 0.1) is 0 Å². The molecule has 0 saturated heterocycles. The van der Waals surface area contributed by atoms with Gasteiger partial charge < -0.3 is 15.0 Å². The van der Waals surface area contributed by atoms with Crippen molar-refractivity contribution in [2.75, 3.05) is 12.4 Å². The van der Waals surface area contributed by atoms with E-state index in [2.05, 4.69) is 15.3 Å². The van der Waals surface area contributed by atoms with Gasteiger partial charge in [0.1, 0.15) is 5.65 Å². The first-order chi connectivity index (χ1) is 10.3. The van der Waals surface area contributed by atoms with Gasteiger partial charge in [-0.25, -0.2) is 9.78 Å². The molecule has 0 unspecified atom stereocenters. The number of aromatic nitrogens is 2. The summed E-state index contributed by atoms with van der Waals surface area (Å²) in [5.41, 5.74) is 3.40. The molecule has 0 atom stereocenters. The summed E-state index contributed by atoms with van der Waals surface area (Å²) in [6, 6.07) is 11.2. The molecule has 3 aromatic rings. The number of anilines is 1. The molecule has 0 amide bonds. The fourth-order valence-electron chi connectivity index (χ4n) is 2.23. The Bertz CT molecular complexity index is 780. The Labute approximate surface area is 122 Å². The maximum absolute atomic E-state index is 11.5. The van der Waals surface area contributed by atoms with Crippen LogP contribution in [0.15, 0.2) is 48.8 Å². The number of esters is 1. The van der Waals surface area contributed by atoms with Crippen molar-refractivity contribution < 1.29 is 9.53 Å². The molecule has 2 aromatic heterocycles. The van der Waals surface area contributed by atoms with E-state index < -0.39 is 0 Å². The third-order valence-electron chi connectivity index (χ3n) is 3.30. The molecule has 0 aliphatic carbocycles. The van der Waals surface area contributed by atoms with Crippen molar-refractivity contribution in [1.82, 2.24) is 9.97 Å². The Morgan fingerprint density at radius 2 is 2.24 bits per heavy atom. The van der Waals surface area contributed by atoms with E-state index in [9.17, 15) is 4.79 Å². The van der Waals surface area contributed by atoms with Crippen LogP contribution in [0.3, 0.4) is 0 Å². The molecule has 0 saturated carbocycles. The molecule has 0 aliphatic rings.